The van der Waals surface area contributed by atoms with Crippen molar-refractivity contribution in [2.75, 3.05) is 30.9 Å². The molecular weight excluding hydrogens is 330 g/mol. The van der Waals surface area contributed by atoms with Crippen LogP contribution in [0, 0.1) is 11.6 Å². The van der Waals surface area contributed by atoms with E-state index in [1.54, 1.807) is 17.0 Å². The lowest BCUT2D eigenvalue weighted by Gasteiger charge is -2.11. The molecule has 0 saturated carbocycles. The summed E-state index contributed by atoms with van der Waals surface area (Å²) in [6.07, 6.45) is 1.37. The van der Waals surface area contributed by atoms with Gasteiger partial charge in [0.15, 0.2) is 0 Å². The molecule has 0 aliphatic heterocycles. The maximum Gasteiger partial charge on any atom is 0.313 e. The number of nitrogens with zero attached hydrogens (tertiary/aromatic N) is 2. The van der Waals surface area contributed by atoms with Gasteiger partial charge in [-0.3, -0.25) is 9.59 Å². The van der Waals surface area contributed by atoms with Crippen LogP contribution in [-0.4, -0.2) is 37.4 Å². The Balaban J connectivity index is 1.85. The van der Waals surface area contributed by atoms with E-state index in [2.05, 4.69) is 15.6 Å². The number of carbonyl (C=O) groups excluding carboxylic acids is 2. The Labute approximate surface area is 143 Å². The second-order valence-electron chi connectivity index (χ2n) is 5.46. The van der Waals surface area contributed by atoms with E-state index in [0.29, 0.717) is 11.5 Å². The number of halogens is 2. The highest BCUT2D eigenvalue weighted by Gasteiger charge is 2.15. The third kappa shape index (κ3) is 4.97. The van der Waals surface area contributed by atoms with E-state index in [-0.39, 0.29) is 18.5 Å². The fourth-order valence-electron chi connectivity index (χ4n) is 2.06. The van der Waals surface area contributed by atoms with Crippen molar-refractivity contribution < 1.29 is 18.4 Å². The van der Waals surface area contributed by atoms with Gasteiger partial charge in [-0.15, -0.1) is 0 Å². The Hall–Kier alpha value is -3.03. The fraction of sp³-hybridized carbons (Fsp3) is 0.235. The van der Waals surface area contributed by atoms with E-state index in [0.717, 1.165) is 12.1 Å². The first-order chi connectivity index (χ1) is 11.9. The molecule has 0 atom stereocenters. The number of benzene rings is 1. The summed E-state index contributed by atoms with van der Waals surface area (Å²) in [4.78, 5) is 29.4. The first-order valence-corrected chi connectivity index (χ1v) is 7.54. The van der Waals surface area contributed by atoms with Crippen molar-refractivity contribution in [2.24, 2.45) is 0 Å². The molecule has 0 unspecified atom stereocenters. The molecule has 2 aromatic rings. The molecule has 1 aromatic carbocycles. The third-order valence-corrected chi connectivity index (χ3v) is 3.39. The molecule has 25 heavy (non-hydrogen) atoms. The lowest BCUT2D eigenvalue weighted by Crippen LogP contribution is -2.36. The van der Waals surface area contributed by atoms with Gasteiger partial charge in [-0.1, -0.05) is 6.07 Å². The number of hydrogen-bond donors (Lipinski definition) is 2. The van der Waals surface area contributed by atoms with Crippen LogP contribution < -0.4 is 15.5 Å². The molecule has 2 N–H and O–H groups in total. The van der Waals surface area contributed by atoms with Gasteiger partial charge in [-0.25, -0.2) is 13.8 Å². The van der Waals surface area contributed by atoms with Gasteiger partial charge in [0.05, 0.1) is 11.9 Å². The standard InChI is InChI=1S/C17H18F2N4O2/c1-23(2)15-7-6-11(10-21-15)22-17(25)16(24)20-9-8-12-13(18)4-3-5-14(12)19/h3-7,10H,8-9H2,1-2H3,(H,20,24)(H,22,25). The van der Waals surface area contributed by atoms with Gasteiger partial charge < -0.3 is 15.5 Å². The molecule has 0 saturated heterocycles. The molecule has 1 aromatic heterocycles. The summed E-state index contributed by atoms with van der Waals surface area (Å²) in [6, 6.07) is 6.83. The summed E-state index contributed by atoms with van der Waals surface area (Å²) in [5.74, 6) is -2.45. The van der Waals surface area contributed by atoms with Crippen LogP contribution in [0.5, 0.6) is 0 Å². The minimum atomic E-state index is -0.895. The van der Waals surface area contributed by atoms with Crippen LogP contribution in [0.1, 0.15) is 5.56 Å². The zero-order valence-electron chi connectivity index (χ0n) is 13.8. The van der Waals surface area contributed by atoms with Gasteiger partial charge in [0.1, 0.15) is 17.5 Å². The van der Waals surface area contributed by atoms with Crippen LogP contribution >= 0.6 is 0 Å². The highest BCUT2D eigenvalue weighted by Crippen LogP contribution is 2.13. The molecule has 0 spiro atoms. The molecule has 8 heteroatoms. The van der Waals surface area contributed by atoms with Crippen molar-refractivity contribution in [3.05, 3.63) is 53.7 Å². The van der Waals surface area contributed by atoms with Crippen molar-refractivity contribution in [3.63, 3.8) is 0 Å². The summed E-state index contributed by atoms with van der Waals surface area (Å²) >= 11 is 0. The van der Waals surface area contributed by atoms with Crippen molar-refractivity contribution in [2.45, 2.75) is 6.42 Å². The number of pyridine rings is 1. The molecule has 0 aliphatic rings. The average molecular weight is 348 g/mol. The quantitative estimate of drug-likeness (QED) is 0.807. The van der Waals surface area contributed by atoms with E-state index in [1.807, 2.05) is 14.1 Å². The lowest BCUT2D eigenvalue weighted by molar-refractivity contribution is -0.136. The van der Waals surface area contributed by atoms with Crippen molar-refractivity contribution in [1.82, 2.24) is 10.3 Å². The lowest BCUT2D eigenvalue weighted by atomic mass is 10.1. The SMILES string of the molecule is CN(C)c1ccc(NC(=O)C(=O)NCCc2c(F)cccc2F)cn1. The monoisotopic (exact) mass is 348 g/mol. The second-order valence-corrected chi connectivity index (χ2v) is 5.46. The minimum Gasteiger partial charge on any atom is -0.363 e. The Morgan fingerprint density at radius 3 is 2.32 bits per heavy atom. The largest absolute Gasteiger partial charge is 0.363 e. The van der Waals surface area contributed by atoms with Gasteiger partial charge in [0, 0.05) is 26.2 Å². The summed E-state index contributed by atoms with van der Waals surface area (Å²) in [7, 11) is 3.65. The number of amides is 2. The number of nitrogens with one attached hydrogen (secondary N) is 2. The average Bonchev–Trinajstić information content (AvgIpc) is 2.57. The predicted molar refractivity (Wildman–Crippen MR) is 90.3 cm³/mol. The third-order valence-electron chi connectivity index (χ3n) is 3.39. The first-order valence-electron chi connectivity index (χ1n) is 7.54. The molecule has 0 bridgehead atoms. The molecule has 1 heterocycles. The van der Waals surface area contributed by atoms with Gasteiger partial charge >= 0.3 is 11.8 Å². The molecule has 132 valence electrons. The molecule has 0 radical (unpaired) electrons. The summed E-state index contributed by atoms with van der Waals surface area (Å²) in [5.41, 5.74) is 0.234. The highest BCUT2D eigenvalue weighted by atomic mass is 19.1. The molecule has 6 nitrogen and oxygen atoms in total. The summed E-state index contributed by atoms with van der Waals surface area (Å²) in [6.45, 7) is -0.0675. The molecule has 0 fully saturated rings. The smallest absolute Gasteiger partial charge is 0.313 e. The van der Waals surface area contributed by atoms with Crippen LogP contribution in [0.2, 0.25) is 0 Å². The van der Waals surface area contributed by atoms with Gasteiger partial charge in [-0.2, -0.15) is 0 Å². The van der Waals surface area contributed by atoms with Crippen molar-refractivity contribution >= 4 is 23.3 Å². The van der Waals surface area contributed by atoms with E-state index in [9.17, 15) is 18.4 Å². The number of aromatic nitrogens is 1. The van der Waals surface area contributed by atoms with Crippen molar-refractivity contribution in [1.29, 1.82) is 0 Å². The Kier molecular flexibility index (Phi) is 5.99. The Bertz CT molecular complexity index is 743. The van der Waals surface area contributed by atoms with Gasteiger partial charge in [0.25, 0.3) is 0 Å². The Morgan fingerprint density at radius 2 is 1.76 bits per heavy atom. The minimum absolute atomic E-state index is 0.0589. The maximum atomic E-state index is 13.5. The van der Waals surface area contributed by atoms with Crippen LogP contribution in [0.25, 0.3) is 0 Å². The molecular formula is C17H18F2N4O2. The molecule has 2 rings (SSSR count). The first kappa shape index (κ1) is 18.3. The number of carbonyl (C=O) groups is 2. The van der Waals surface area contributed by atoms with Crippen LogP contribution in [0.3, 0.4) is 0 Å². The zero-order valence-corrected chi connectivity index (χ0v) is 13.8. The van der Waals surface area contributed by atoms with Crippen LogP contribution in [-0.2, 0) is 16.0 Å². The van der Waals surface area contributed by atoms with Gasteiger partial charge in [-0.05, 0) is 30.7 Å². The summed E-state index contributed by atoms with van der Waals surface area (Å²) < 4.78 is 26.9. The fourth-order valence-corrected chi connectivity index (χ4v) is 2.06. The normalized spacial score (nSPS) is 10.2. The maximum absolute atomic E-state index is 13.5. The number of anilines is 2. The van der Waals surface area contributed by atoms with E-state index >= 15 is 0 Å². The molecule has 2 amide bonds. The number of hydrogen-bond acceptors (Lipinski definition) is 4. The van der Waals surface area contributed by atoms with Crippen molar-refractivity contribution in [3.8, 4) is 0 Å². The highest BCUT2D eigenvalue weighted by molar-refractivity contribution is 6.39. The van der Waals surface area contributed by atoms with Crippen LogP contribution in [0.15, 0.2) is 36.5 Å². The van der Waals surface area contributed by atoms with E-state index in [4.69, 9.17) is 0 Å². The topological polar surface area (TPSA) is 74.3 Å². The predicted octanol–water partition coefficient (Wildman–Crippen LogP) is 1.72. The zero-order chi connectivity index (χ0) is 18.4. The van der Waals surface area contributed by atoms with E-state index < -0.39 is 23.4 Å². The van der Waals surface area contributed by atoms with E-state index in [1.165, 1.54) is 12.3 Å². The summed E-state index contributed by atoms with van der Waals surface area (Å²) in [5, 5.41) is 4.72. The Morgan fingerprint density at radius 1 is 1.08 bits per heavy atom. The van der Waals surface area contributed by atoms with Crippen LogP contribution in [0.4, 0.5) is 20.3 Å². The van der Waals surface area contributed by atoms with Gasteiger partial charge in [0.2, 0.25) is 0 Å². The number of rotatable bonds is 5. The second kappa shape index (κ2) is 8.18. The molecule has 0 aliphatic carbocycles.